The molecule has 0 fully saturated rings. The van der Waals surface area contributed by atoms with Crippen LogP contribution in [0.2, 0.25) is 0 Å². The maximum atomic E-state index is 5.67. The van der Waals surface area contributed by atoms with Crippen molar-refractivity contribution in [3.05, 3.63) is 24.0 Å². The first-order chi connectivity index (χ1) is 8.63. The van der Waals surface area contributed by atoms with Crippen LogP contribution in [0, 0.1) is 0 Å². The van der Waals surface area contributed by atoms with Crippen LogP contribution in [0.5, 0.6) is 0 Å². The summed E-state index contributed by atoms with van der Waals surface area (Å²) in [5.74, 6) is 1.66. The largest absolute Gasteiger partial charge is 0.337 e. The smallest absolute Gasteiger partial charge is 0.191 e. The van der Waals surface area contributed by atoms with Crippen LogP contribution >= 0.6 is 11.8 Å². The van der Waals surface area contributed by atoms with E-state index in [2.05, 4.69) is 33.6 Å². The first-order valence-electron chi connectivity index (χ1n) is 5.85. The fraction of sp³-hybridized carbons (Fsp3) is 0.545. The van der Waals surface area contributed by atoms with Gasteiger partial charge in [0, 0.05) is 30.7 Å². The SMILES string of the molecule is CC(C)n1c(CN)nnc1SCc1cncn1C. The Morgan fingerprint density at radius 2 is 2.17 bits per heavy atom. The molecule has 2 N–H and O–H groups in total. The highest BCUT2D eigenvalue weighted by atomic mass is 32.2. The van der Waals surface area contributed by atoms with Crippen molar-refractivity contribution in [1.29, 1.82) is 0 Å². The molecule has 0 unspecified atom stereocenters. The fourth-order valence-electron chi connectivity index (χ4n) is 1.73. The molecular formula is C11H18N6S. The van der Waals surface area contributed by atoms with Gasteiger partial charge >= 0.3 is 0 Å². The Morgan fingerprint density at radius 1 is 1.39 bits per heavy atom. The summed E-state index contributed by atoms with van der Waals surface area (Å²) in [5.41, 5.74) is 6.83. The predicted molar refractivity (Wildman–Crippen MR) is 71.1 cm³/mol. The Bertz CT molecular complexity index is 515. The maximum absolute atomic E-state index is 5.67. The van der Waals surface area contributed by atoms with Crippen molar-refractivity contribution in [2.75, 3.05) is 0 Å². The molecule has 0 aliphatic carbocycles. The van der Waals surface area contributed by atoms with E-state index in [1.165, 1.54) is 0 Å². The lowest BCUT2D eigenvalue weighted by atomic mass is 10.4. The van der Waals surface area contributed by atoms with E-state index in [0.717, 1.165) is 22.4 Å². The van der Waals surface area contributed by atoms with Crippen LogP contribution in [-0.2, 0) is 19.3 Å². The summed E-state index contributed by atoms with van der Waals surface area (Å²) in [7, 11) is 1.99. The third kappa shape index (κ3) is 2.56. The molecular weight excluding hydrogens is 248 g/mol. The van der Waals surface area contributed by atoms with E-state index < -0.39 is 0 Å². The molecule has 6 nitrogen and oxygen atoms in total. The lowest BCUT2D eigenvalue weighted by Crippen LogP contribution is -2.11. The van der Waals surface area contributed by atoms with Crippen LogP contribution in [0.4, 0.5) is 0 Å². The van der Waals surface area contributed by atoms with Gasteiger partial charge < -0.3 is 14.9 Å². The highest BCUT2D eigenvalue weighted by Crippen LogP contribution is 2.24. The van der Waals surface area contributed by atoms with Crippen molar-refractivity contribution < 1.29 is 0 Å². The minimum absolute atomic E-state index is 0.313. The minimum atomic E-state index is 0.313. The molecule has 7 heteroatoms. The topological polar surface area (TPSA) is 74.6 Å². The van der Waals surface area contributed by atoms with E-state index >= 15 is 0 Å². The van der Waals surface area contributed by atoms with Gasteiger partial charge in [0.05, 0.1) is 12.9 Å². The molecule has 0 amide bonds. The zero-order valence-electron chi connectivity index (χ0n) is 10.9. The zero-order valence-corrected chi connectivity index (χ0v) is 11.7. The summed E-state index contributed by atoms with van der Waals surface area (Å²) in [6.45, 7) is 4.63. The number of imidazole rings is 1. The summed E-state index contributed by atoms with van der Waals surface area (Å²) < 4.78 is 4.09. The van der Waals surface area contributed by atoms with E-state index in [0.29, 0.717) is 12.6 Å². The van der Waals surface area contributed by atoms with E-state index in [9.17, 15) is 0 Å². The van der Waals surface area contributed by atoms with Crippen LogP contribution in [0.1, 0.15) is 31.4 Å². The number of aromatic nitrogens is 5. The van der Waals surface area contributed by atoms with Crippen molar-refractivity contribution in [1.82, 2.24) is 24.3 Å². The van der Waals surface area contributed by atoms with Crippen molar-refractivity contribution in [3.8, 4) is 0 Å². The lowest BCUT2D eigenvalue weighted by molar-refractivity contribution is 0.526. The summed E-state index contributed by atoms with van der Waals surface area (Å²) in [6.07, 6.45) is 3.67. The molecule has 0 radical (unpaired) electrons. The van der Waals surface area contributed by atoms with Gasteiger partial charge in [0.15, 0.2) is 5.16 Å². The van der Waals surface area contributed by atoms with Crippen molar-refractivity contribution in [3.63, 3.8) is 0 Å². The second kappa shape index (κ2) is 5.53. The molecule has 0 spiro atoms. The highest BCUT2D eigenvalue weighted by Gasteiger charge is 2.14. The number of aryl methyl sites for hydroxylation is 1. The summed E-state index contributed by atoms with van der Waals surface area (Å²) >= 11 is 1.66. The predicted octanol–water partition coefficient (Wildman–Crippen LogP) is 1.34. The van der Waals surface area contributed by atoms with Crippen molar-refractivity contribution in [2.45, 2.75) is 37.3 Å². The van der Waals surface area contributed by atoms with Crippen LogP contribution in [0.25, 0.3) is 0 Å². The second-order valence-electron chi connectivity index (χ2n) is 4.35. The summed E-state index contributed by atoms with van der Waals surface area (Å²) in [5, 5.41) is 9.24. The minimum Gasteiger partial charge on any atom is -0.337 e. The molecule has 0 aromatic carbocycles. The van der Waals surface area contributed by atoms with Gasteiger partial charge in [-0.1, -0.05) is 11.8 Å². The van der Waals surface area contributed by atoms with Gasteiger partial charge in [-0.05, 0) is 13.8 Å². The van der Waals surface area contributed by atoms with Gasteiger partial charge in [-0.3, -0.25) is 0 Å². The second-order valence-corrected chi connectivity index (χ2v) is 5.29. The number of rotatable bonds is 5. The monoisotopic (exact) mass is 266 g/mol. The molecule has 0 aliphatic heterocycles. The van der Waals surface area contributed by atoms with E-state index in [4.69, 9.17) is 5.73 Å². The van der Waals surface area contributed by atoms with Crippen molar-refractivity contribution >= 4 is 11.8 Å². The van der Waals surface area contributed by atoms with Gasteiger partial charge in [0.25, 0.3) is 0 Å². The number of nitrogens with two attached hydrogens (primary N) is 1. The zero-order chi connectivity index (χ0) is 13.1. The average molecular weight is 266 g/mol. The number of hydrogen-bond acceptors (Lipinski definition) is 5. The van der Waals surface area contributed by atoms with Gasteiger partial charge in [-0.25, -0.2) is 4.98 Å². The molecule has 0 saturated heterocycles. The quantitative estimate of drug-likeness (QED) is 0.827. The van der Waals surface area contributed by atoms with E-state index in [1.807, 2.05) is 17.8 Å². The number of nitrogens with zero attached hydrogens (tertiary/aromatic N) is 5. The lowest BCUT2D eigenvalue weighted by Gasteiger charge is -2.12. The average Bonchev–Trinajstić information content (AvgIpc) is 2.92. The Labute approximate surface area is 111 Å². The van der Waals surface area contributed by atoms with Gasteiger partial charge in [-0.15, -0.1) is 10.2 Å². The first-order valence-corrected chi connectivity index (χ1v) is 6.84. The molecule has 98 valence electrons. The third-order valence-electron chi connectivity index (χ3n) is 2.70. The molecule has 2 rings (SSSR count). The molecule has 2 aromatic rings. The molecule has 18 heavy (non-hydrogen) atoms. The molecule has 2 aromatic heterocycles. The molecule has 0 atom stereocenters. The van der Waals surface area contributed by atoms with E-state index in [-0.39, 0.29) is 0 Å². The standard InChI is InChI=1S/C11H18N6S/c1-8(2)17-10(4-12)14-15-11(17)18-6-9-5-13-7-16(9)3/h5,7-8H,4,6,12H2,1-3H3. The van der Waals surface area contributed by atoms with Crippen LogP contribution in [-0.4, -0.2) is 24.3 Å². The maximum Gasteiger partial charge on any atom is 0.191 e. The number of thioether (sulfide) groups is 1. The van der Waals surface area contributed by atoms with Gasteiger partial charge in [-0.2, -0.15) is 0 Å². The Hall–Kier alpha value is -1.34. The molecule has 0 saturated carbocycles. The molecule has 2 heterocycles. The Morgan fingerprint density at radius 3 is 2.72 bits per heavy atom. The third-order valence-corrected chi connectivity index (χ3v) is 3.68. The Kier molecular flexibility index (Phi) is 4.03. The normalized spacial score (nSPS) is 11.4. The summed E-state index contributed by atoms with van der Waals surface area (Å²) in [4.78, 5) is 4.10. The van der Waals surface area contributed by atoms with Crippen LogP contribution < -0.4 is 5.73 Å². The van der Waals surface area contributed by atoms with Gasteiger partial charge in [0.1, 0.15) is 5.82 Å². The van der Waals surface area contributed by atoms with Crippen molar-refractivity contribution in [2.24, 2.45) is 12.8 Å². The molecule has 0 aliphatic rings. The number of hydrogen-bond donors (Lipinski definition) is 1. The highest BCUT2D eigenvalue weighted by molar-refractivity contribution is 7.98. The van der Waals surface area contributed by atoms with Crippen LogP contribution in [0.15, 0.2) is 17.7 Å². The molecule has 0 bridgehead atoms. The fourth-order valence-corrected chi connectivity index (χ4v) is 2.83. The Balaban J connectivity index is 2.14. The first kappa shape index (κ1) is 13.1. The van der Waals surface area contributed by atoms with E-state index in [1.54, 1.807) is 18.1 Å². The van der Waals surface area contributed by atoms with Crippen LogP contribution in [0.3, 0.4) is 0 Å². The van der Waals surface area contributed by atoms with Gasteiger partial charge in [0.2, 0.25) is 0 Å². The summed E-state index contributed by atoms with van der Waals surface area (Å²) in [6, 6.07) is 0.313.